The molecule has 0 atom stereocenters. The van der Waals surface area contributed by atoms with E-state index in [-0.39, 0.29) is 23.5 Å². The third-order valence-corrected chi connectivity index (χ3v) is 3.47. The van der Waals surface area contributed by atoms with Crippen LogP contribution in [0.5, 0.6) is 0 Å². The number of nitrogens with one attached hydrogen (secondary N) is 1. The van der Waals surface area contributed by atoms with Crippen LogP contribution in [0.25, 0.3) is 0 Å². The van der Waals surface area contributed by atoms with Crippen molar-refractivity contribution in [2.24, 2.45) is 14.1 Å². The summed E-state index contributed by atoms with van der Waals surface area (Å²) in [6, 6.07) is 1.82. The SMILES string of the molecule is Cn1ncc(C(=O)NCc2c(Cl)c(C(F)(F)F)nn2C)c1C#N. The van der Waals surface area contributed by atoms with Crippen molar-refractivity contribution < 1.29 is 18.0 Å². The molecule has 7 nitrogen and oxygen atoms in total. The van der Waals surface area contributed by atoms with E-state index in [0.717, 1.165) is 4.68 Å². The lowest BCUT2D eigenvalue weighted by Gasteiger charge is -2.05. The molecule has 0 radical (unpaired) electrons. The number of nitriles is 1. The van der Waals surface area contributed by atoms with Crippen LogP contribution < -0.4 is 5.32 Å². The van der Waals surface area contributed by atoms with E-state index in [1.54, 1.807) is 0 Å². The van der Waals surface area contributed by atoms with Gasteiger partial charge in [-0.05, 0) is 0 Å². The summed E-state index contributed by atoms with van der Waals surface area (Å²) in [5.74, 6) is -0.652. The van der Waals surface area contributed by atoms with E-state index in [9.17, 15) is 18.0 Å². The van der Waals surface area contributed by atoms with Crippen LogP contribution in [0.2, 0.25) is 5.02 Å². The van der Waals surface area contributed by atoms with Gasteiger partial charge in [0.15, 0.2) is 11.4 Å². The summed E-state index contributed by atoms with van der Waals surface area (Å²) in [5.41, 5.74) is -1.17. The van der Waals surface area contributed by atoms with Crippen molar-refractivity contribution in [2.75, 3.05) is 0 Å². The number of carbonyl (C=O) groups excluding carboxylic acids is 1. The second kappa shape index (κ2) is 5.92. The van der Waals surface area contributed by atoms with Crippen LogP contribution in [-0.2, 0) is 26.8 Å². The van der Waals surface area contributed by atoms with E-state index in [2.05, 4.69) is 15.5 Å². The monoisotopic (exact) mass is 346 g/mol. The molecule has 2 aromatic rings. The number of amides is 1. The number of hydrogen-bond acceptors (Lipinski definition) is 4. The topological polar surface area (TPSA) is 88.5 Å². The number of alkyl halides is 3. The van der Waals surface area contributed by atoms with Gasteiger partial charge in [0, 0.05) is 14.1 Å². The molecule has 1 N–H and O–H groups in total. The van der Waals surface area contributed by atoms with Crippen LogP contribution in [0.15, 0.2) is 6.20 Å². The van der Waals surface area contributed by atoms with Gasteiger partial charge in [-0.3, -0.25) is 14.2 Å². The third-order valence-electron chi connectivity index (χ3n) is 3.08. The molecule has 0 bridgehead atoms. The molecule has 2 aromatic heterocycles. The van der Waals surface area contributed by atoms with E-state index in [1.807, 2.05) is 6.07 Å². The van der Waals surface area contributed by atoms with E-state index in [4.69, 9.17) is 16.9 Å². The van der Waals surface area contributed by atoms with Crippen molar-refractivity contribution in [2.45, 2.75) is 12.7 Å². The predicted octanol–water partition coefficient (Wildman–Crippen LogP) is 1.63. The fourth-order valence-corrected chi connectivity index (χ4v) is 2.24. The highest BCUT2D eigenvalue weighted by Crippen LogP contribution is 2.35. The Bertz CT molecular complexity index is 801. The van der Waals surface area contributed by atoms with Gasteiger partial charge in [0.1, 0.15) is 6.07 Å². The molecular weight excluding hydrogens is 337 g/mol. The van der Waals surface area contributed by atoms with Crippen molar-refractivity contribution in [3.63, 3.8) is 0 Å². The first kappa shape index (κ1) is 16.8. The van der Waals surface area contributed by atoms with Gasteiger partial charge in [0.25, 0.3) is 5.91 Å². The summed E-state index contributed by atoms with van der Waals surface area (Å²) in [7, 11) is 2.77. The smallest absolute Gasteiger partial charge is 0.346 e. The molecule has 0 saturated heterocycles. The predicted molar refractivity (Wildman–Crippen MR) is 72.3 cm³/mol. The van der Waals surface area contributed by atoms with Gasteiger partial charge in [0.05, 0.1) is 29.0 Å². The molecule has 0 spiro atoms. The lowest BCUT2D eigenvalue weighted by molar-refractivity contribution is -0.141. The molecule has 0 aliphatic carbocycles. The Hall–Kier alpha value is -2.54. The summed E-state index contributed by atoms with van der Waals surface area (Å²) in [4.78, 5) is 12.0. The summed E-state index contributed by atoms with van der Waals surface area (Å²) in [6.45, 7) is -0.281. The molecule has 0 aliphatic rings. The average molecular weight is 347 g/mol. The van der Waals surface area contributed by atoms with Gasteiger partial charge in [-0.1, -0.05) is 11.6 Å². The van der Waals surface area contributed by atoms with Gasteiger partial charge < -0.3 is 5.32 Å². The fourth-order valence-electron chi connectivity index (χ4n) is 1.90. The van der Waals surface area contributed by atoms with Crippen molar-refractivity contribution in [3.8, 4) is 6.07 Å². The lowest BCUT2D eigenvalue weighted by Crippen LogP contribution is -2.24. The maximum Gasteiger partial charge on any atom is 0.436 e. The van der Waals surface area contributed by atoms with Crippen molar-refractivity contribution >= 4 is 17.5 Å². The second-order valence-corrected chi connectivity index (χ2v) is 4.93. The van der Waals surface area contributed by atoms with Crippen LogP contribution in [0, 0.1) is 11.3 Å². The van der Waals surface area contributed by atoms with Crippen molar-refractivity contribution in [1.29, 1.82) is 5.26 Å². The van der Waals surface area contributed by atoms with Gasteiger partial charge in [-0.2, -0.15) is 28.6 Å². The van der Waals surface area contributed by atoms with Crippen LogP contribution in [-0.4, -0.2) is 25.5 Å². The zero-order valence-electron chi connectivity index (χ0n) is 11.9. The largest absolute Gasteiger partial charge is 0.436 e. The normalized spacial score (nSPS) is 11.3. The Kier molecular flexibility index (Phi) is 4.33. The number of aromatic nitrogens is 4. The van der Waals surface area contributed by atoms with Crippen LogP contribution >= 0.6 is 11.6 Å². The molecule has 0 unspecified atom stereocenters. The quantitative estimate of drug-likeness (QED) is 0.914. The number of rotatable bonds is 3. The zero-order chi connectivity index (χ0) is 17.4. The number of aryl methyl sites for hydroxylation is 2. The molecule has 122 valence electrons. The van der Waals surface area contributed by atoms with Crippen molar-refractivity contribution in [1.82, 2.24) is 24.9 Å². The third kappa shape index (κ3) is 3.14. The van der Waals surface area contributed by atoms with E-state index >= 15 is 0 Å². The molecule has 2 heterocycles. The maximum absolute atomic E-state index is 12.7. The van der Waals surface area contributed by atoms with Crippen molar-refractivity contribution in [3.05, 3.63) is 33.9 Å². The molecular formula is C12H10ClF3N6O. The first-order valence-electron chi connectivity index (χ1n) is 6.15. The molecule has 0 aromatic carbocycles. The lowest BCUT2D eigenvalue weighted by atomic mass is 10.2. The Morgan fingerprint density at radius 3 is 2.61 bits per heavy atom. The molecule has 23 heavy (non-hydrogen) atoms. The summed E-state index contributed by atoms with van der Waals surface area (Å²) in [6.07, 6.45) is -3.49. The molecule has 2 rings (SSSR count). The van der Waals surface area contributed by atoms with Crippen LogP contribution in [0.3, 0.4) is 0 Å². The first-order valence-corrected chi connectivity index (χ1v) is 6.53. The molecule has 0 saturated carbocycles. The number of hydrogen-bond donors (Lipinski definition) is 1. The van der Waals surface area contributed by atoms with Gasteiger partial charge >= 0.3 is 6.18 Å². The Labute approximate surface area is 133 Å². The van der Waals surface area contributed by atoms with Gasteiger partial charge in [-0.15, -0.1) is 0 Å². The second-order valence-electron chi connectivity index (χ2n) is 4.56. The zero-order valence-corrected chi connectivity index (χ0v) is 12.7. The Balaban J connectivity index is 2.20. The minimum Gasteiger partial charge on any atom is -0.346 e. The minimum absolute atomic E-state index is 0.00487. The van der Waals surface area contributed by atoms with Crippen LogP contribution in [0.4, 0.5) is 13.2 Å². The van der Waals surface area contributed by atoms with Crippen LogP contribution in [0.1, 0.15) is 27.4 Å². The standard InChI is InChI=1S/C12H10ClF3N6O/c1-21-7(3-17)6(4-19-21)11(23)18-5-8-9(13)10(12(14,15)16)20-22(8)2/h4H,5H2,1-2H3,(H,18,23). The Morgan fingerprint density at radius 1 is 1.43 bits per heavy atom. The highest BCUT2D eigenvalue weighted by molar-refractivity contribution is 6.32. The van der Waals surface area contributed by atoms with E-state index in [1.165, 1.54) is 25.0 Å². The summed E-state index contributed by atoms with van der Waals surface area (Å²) < 4.78 is 40.3. The summed E-state index contributed by atoms with van der Waals surface area (Å²) in [5, 5.41) is 17.9. The average Bonchev–Trinajstić information content (AvgIpc) is 2.96. The molecule has 0 fully saturated rings. The molecule has 1 amide bonds. The number of carbonyl (C=O) groups is 1. The van der Waals surface area contributed by atoms with Gasteiger partial charge in [-0.25, -0.2) is 0 Å². The molecule has 0 aliphatic heterocycles. The maximum atomic E-state index is 12.7. The highest BCUT2D eigenvalue weighted by Gasteiger charge is 2.38. The number of halogens is 4. The first-order chi connectivity index (χ1) is 10.7. The fraction of sp³-hybridized carbons (Fsp3) is 0.333. The Morgan fingerprint density at radius 2 is 2.09 bits per heavy atom. The van der Waals surface area contributed by atoms with Gasteiger partial charge in [0.2, 0.25) is 0 Å². The highest BCUT2D eigenvalue weighted by atomic mass is 35.5. The van der Waals surface area contributed by atoms with E-state index < -0.39 is 22.8 Å². The molecule has 11 heteroatoms. The van der Waals surface area contributed by atoms with E-state index in [0.29, 0.717) is 0 Å². The summed E-state index contributed by atoms with van der Waals surface area (Å²) >= 11 is 5.68. The minimum atomic E-state index is -4.69. The number of nitrogens with zero attached hydrogens (tertiary/aromatic N) is 5.